The van der Waals surface area contributed by atoms with Gasteiger partial charge in [0, 0.05) is 37.9 Å². The molecule has 1 aromatic heterocycles. The molecule has 1 N–H and O–H groups in total. The third-order valence-electron chi connectivity index (χ3n) is 5.32. The van der Waals surface area contributed by atoms with E-state index in [1.807, 2.05) is 12.1 Å². The zero-order valence-electron chi connectivity index (χ0n) is 16.0. The van der Waals surface area contributed by atoms with Crippen molar-refractivity contribution in [1.82, 2.24) is 14.8 Å². The zero-order valence-corrected chi connectivity index (χ0v) is 16.0. The first-order valence-corrected chi connectivity index (χ1v) is 9.71. The monoisotopic (exact) mass is 393 g/mol. The number of benzene rings is 1. The first kappa shape index (κ1) is 19.3. The van der Waals surface area contributed by atoms with Crippen molar-refractivity contribution in [1.29, 1.82) is 0 Å². The maximum Gasteiger partial charge on any atom is 0.295 e. The molecule has 2 fully saturated rings. The number of carbonyl (C=O) groups is 2. The van der Waals surface area contributed by atoms with Crippen LogP contribution in [0.2, 0.25) is 0 Å². The summed E-state index contributed by atoms with van der Waals surface area (Å²) in [6.07, 6.45) is 1.62. The minimum Gasteiger partial charge on any atom is -0.507 e. The Morgan fingerprint density at radius 3 is 2.45 bits per heavy atom. The summed E-state index contributed by atoms with van der Waals surface area (Å²) in [5, 5.41) is 10.9. The van der Waals surface area contributed by atoms with Gasteiger partial charge < -0.3 is 14.7 Å². The standard InChI is InChI=1S/C22H23N3O4/c26-20(16-6-2-1-3-7-16)18-19(17-8-4-5-9-23-17)25(22(28)21(18)27)11-10-24-12-14-29-15-13-24/h1-9,19,26H,10-15H2/b20-18+/t19-/m0/s1. The van der Waals surface area contributed by atoms with E-state index in [1.54, 1.807) is 42.6 Å². The molecule has 1 amide bonds. The first-order chi connectivity index (χ1) is 14.2. The highest BCUT2D eigenvalue weighted by molar-refractivity contribution is 6.46. The molecule has 7 heteroatoms. The Balaban J connectivity index is 1.70. The van der Waals surface area contributed by atoms with E-state index in [2.05, 4.69) is 9.88 Å². The topological polar surface area (TPSA) is 83.0 Å². The fraction of sp³-hybridized carbons (Fsp3) is 0.318. The van der Waals surface area contributed by atoms with Crippen molar-refractivity contribution < 1.29 is 19.4 Å². The van der Waals surface area contributed by atoms with Gasteiger partial charge in [0.25, 0.3) is 11.7 Å². The van der Waals surface area contributed by atoms with Gasteiger partial charge in [-0.2, -0.15) is 0 Å². The number of aliphatic hydroxyl groups is 1. The quantitative estimate of drug-likeness (QED) is 0.474. The Morgan fingerprint density at radius 2 is 1.76 bits per heavy atom. The molecule has 150 valence electrons. The summed E-state index contributed by atoms with van der Waals surface area (Å²) in [6.45, 7) is 3.92. The average molecular weight is 393 g/mol. The van der Waals surface area contributed by atoms with Crippen molar-refractivity contribution in [2.24, 2.45) is 0 Å². The van der Waals surface area contributed by atoms with Crippen LogP contribution >= 0.6 is 0 Å². The van der Waals surface area contributed by atoms with Crippen molar-refractivity contribution in [3.63, 3.8) is 0 Å². The first-order valence-electron chi connectivity index (χ1n) is 9.71. The molecule has 29 heavy (non-hydrogen) atoms. The number of aliphatic hydroxyl groups excluding tert-OH is 1. The van der Waals surface area contributed by atoms with Gasteiger partial charge in [-0.1, -0.05) is 36.4 Å². The molecule has 0 unspecified atom stereocenters. The van der Waals surface area contributed by atoms with Crippen LogP contribution in [-0.2, 0) is 14.3 Å². The van der Waals surface area contributed by atoms with Gasteiger partial charge in [0.1, 0.15) is 11.8 Å². The number of rotatable bonds is 5. The largest absolute Gasteiger partial charge is 0.507 e. The Labute approximate surface area is 169 Å². The molecule has 1 atom stereocenters. The number of hydrogen-bond donors (Lipinski definition) is 1. The van der Waals surface area contributed by atoms with Gasteiger partial charge in [0.05, 0.1) is 24.5 Å². The van der Waals surface area contributed by atoms with Gasteiger partial charge in [-0.3, -0.25) is 19.5 Å². The van der Waals surface area contributed by atoms with Crippen LogP contribution in [-0.4, -0.2) is 71.0 Å². The lowest BCUT2D eigenvalue weighted by molar-refractivity contribution is -0.140. The third-order valence-corrected chi connectivity index (χ3v) is 5.32. The second kappa shape index (κ2) is 8.55. The summed E-state index contributed by atoms with van der Waals surface area (Å²) in [5.74, 6) is -1.45. The number of ketones is 1. The molecule has 2 saturated heterocycles. The average Bonchev–Trinajstić information content (AvgIpc) is 3.04. The molecular formula is C22H23N3O4. The number of aromatic nitrogens is 1. The van der Waals surface area contributed by atoms with Crippen LogP contribution in [0.5, 0.6) is 0 Å². The van der Waals surface area contributed by atoms with Gasteiger partial charge in [-0.15, -0.1) is 0 Å². The molecule has 0 spiro atoms. The molecule has 3 heterocycles. The minimum atomic E-state index is -0.711. The van der Waals surface area contributed by atoms with E-state index in [9.17, 15) is 14.7 Å². The normalized spacial score (nSPS) is 22.2. The molecule has 2 aliphatic heterocycles. The summed E-state index contributed by atoms with van der Waals surface area (Å²) < 4.78 is 5.37. The summed E-state index contributed by atoms with van der Waals surface area (Å²) in [4.78, 5) is 33.9. The number of ether oxygens (including phenoxy) is 1. The molecule has 0 bridgehead atoms. The van der Waals surface area contributed by atoms with Crippen molar-refractivity contribution in [3.05, 3.63) is 71.6 Å². The lowest BCUT2D eigenvalue weighted by Crippen LogP contribution is -2.42. The van der Waals surface area contributed by atoms with Crippen LogP contribution in [0.1, 0.15) is 17.3 Å². The number of likely N-dealkylation sites (tertiary alicyclic amines) is 1. The summed E-state index contributed by atoms with van der Waals surface area (Å²) in [7, 11) is 0. The Hall–Kier alpha value is -3.03. The molecule has 4 rings (SSSR count). The SMILES string of the molecule is O=C1C(=O)N(CCN2CCOCC2)[C@@H](c2ccccn2)/C1=C(\O)c1ccccc1. The fourth-order valence-electron chi connectivity index (χ4n) is 3.78. The minimum absolute atomic E-state index is 0.0851. The van der Waals surface area contributed by atoms with Crippen LogP contribution in [0, 0.1) is 0 Å². The van der Waals surface area contributed by atoms with Gasteiger partial charge in [-0.25, -0.2) is 0 Å². The molecule has 7 nitrogen and oxygen atoms in total. The molecule has 1 aromatic carbocycles. The van der Waals surface area contributed by atoms with Crippen LogP contribution in [0.4, 0.5) is 0 Å². The van der Waals surface area contributed by atoms with Crippen molar-refractivity contribution in [3.8, 4) is 0 Å². The second-order valence-electron chi connectivity index (χ2n) is 7.07. The molecule has 0 aliphatic carbocycles. The maximum absolute atomic E-state index is 12.9. The summed E-state index contributed by atoms with van der Waals surface area (Å²) in [6, 6.07) is 13.5. The second-order valence-corrected chi connectivity index (χ2v) is 7.07. The fourth-order valence-corrected chi connectivity index (χ4v) is 3.78. The van der Waals surface area contributed by atoms with E-state index in [1.165, 1.54) is 4.90 Å². The summed E-state index contributed by atoms with van der Waals surface area (Å²) in [5.41, 5.74) is 1.15. The number of amides is 1. The lowest BCUT2D eigenvalue weighted by Gasteiger charge is -2.30. The highest BCUT2D eigenvalue weighted by Gasteiger charge is 2.46. The zero-order chi connectivity index (χ0) is 20.2. The van der Waals surface area contributed by atoms with Gasteiger partial charge in [-0.05, 0) is 12.1 Å². The number of Topliss-reactive ketones (excluding diaryl/α,β-unsaturated/α-hetero) is 1. The van der Waals surface area contributed by atoms with Crippen LogP contribution < -0.4 is 0 Å². The number of hydrogen-bond acceptors (Lipinski definition) is 6. The number of carbonyl (C=O) groups excluding carboxylic acids is 2. The van der Waals surface area contributed by atoms with Crippen LogP contribution in [0.3, 0.4) is 0 Å². The Morgan fingerprint density at radius 1 is 1.03 bits per heavy atom. The molecular weight excluding hydrogens is 370 g/mol. The van der Waals surface area contributed by atoms with Crippen molar-refractivity contribution in [2.75, 3.05) is 39.4 Å². The Bertz CT molecular complexity index is 908. The van der Waals surface area contributed by atoms with Gasteiger partial charge in [0.2, 0.25) is 0 Å². The van der Waals surface area contributed by atoms with Crippen LogP contribution in [0.15, 0.2) is 60.3 Å². The summed E-state index contributed by atoms with van der Waals surface area (Å²) >= 11 is 0. The number of nitrogens with zero attached hydrogens (tertiary/aromatic N) is 3. The van der Waals surface area contributed by atoms with E-state index in [-0.39, 0.29) is 11.3 Å². The third kappa shape index (κ3) is 3.92. The van der Waals surface area contributed by atoms with Crippen molar-refractivity contribution >= 4 is 17.4 Å². The highest BCUT2D eigenvalue weighted by atomic mass is 16.5. The number of morpholine rings is 1. The molecule has 0 saturated carbocycles. The lowest BCUT2D eigenvalue weighted by atomic mass is 9.98. The highest BCUT2D eigenvalue weighted by Crippen LogP contribution is 2.38. The smallest absolute Gasteiger partial charge is 0.295 e. The predicted octanol–water partition coefficient (Wildman–Crippen LogP) is 1.84. The van der Waals surface area contributed by atoms with E-state index in [0.717, 1.165) is 13.1 Å². The molecule has 2 aromatic rings. The van der Waals surface area contributed by atoms with E-state index in [4.69, 9.17) is 4.74 Å². The van der Waals surface area contributed by atoms with Crippen LogP contribution in [0.25, 0.3) is 5.76 Å². The Kier molecular flexibility index (Phi) is 5.69. The predicted molar refractivity (Wildman–Crippen MR) is 107 cm³/mol. The van der Waals surface area contributed by atoms with Gasteiger partial charge in [0.15, 0.2) is 0 Å². The molecule has 2 aliphatic rings. The van der Waals surface area contributed by atoms with Gasteiger partial charge >= 0.3 is 0 Å². The van der Waals surface area contributed by atoms with E-state index < -0.39 is 17.7 Å². The molecule has 0 radical (unpaired) electrons. The van der Waals surface area contributed by atoms with E-state index >= 15 is 0 Å². The van der Waals surface area contributed by atoms with E-state index in [0.29, 0.717) is 37.6 Å². The van der Waals surface area contributed by atoms with Crippen molar-refractivity contribution in [2.45, 2.75) is 6.04 Å². The number of pyridine rings is 1. The maximum atomic E-state index is 12.9.